The fourth-order valence-corrected chi connectivity index (χ4v) is 5.96. The highest BCUT2D eigenvalue weighted by Crippen LogP contribution is 2.34. The van der Waals surface area contributed by atoms with Gasteiger partial charge in [0.1, 0.15) is 5.82 Å². The molecule has 0 aliphatic carbocycles. The highest BCUT2D eigenvalue weighted by Gasteiger charge is 2.25. The van der Waals surface area contributed by atoms with Crippen LogP contribution in [-0.4, -0.2) is 45.8 Å². The minimum absolute atomic E-state index is 0.821. The molecule has 6 rings (SSSR count). The molecule has 2 aliphatic heterocycles. The van der Waals surface area contributed by atoms with E-state index < -0.39 is 0 Å². The molecule has 3 heterocycles. The van der Waals surface area contributed by atoms with Crippen molar-refractivity contribution in [1.29, 1.82) is 0 Å². The Kier molecular flexibility index (Phi) is 6.62. The van der Waals surface area contributed by atoms with Gasteiger partial charge in [-0.1, -0.05) is 77.9 Å². The van der Waals surface area contributed by atoms with Crippen LogP contribution in [0, 0.1) is 13.8 Å². The van der Waals surface area contributed by atoms with E-state index in [0.717, 1.165) is 63.6 Å². The third kappa shape index (κ3) is 4.84. The first-order valence-electron chi connectivity index (χ1n) is 13.5. The average Bonchev–Trinajstić information content (AvgIpc) is 3.31. The summed E-state index contributed by atoms with van der Waals surface area (Å²) in [4.78, 5) is 5.12. The van der Waals surface area contributed by atoms with Gasteiger partial charge in [0.25, 0.3) is 0 Å². The highest BCUT2D eigenvalue weighted by atomic mass is 15.3. The van der Waals surface area contributed by atoms with Crippen LogP contribution < -0.4 is 4.90 Å². The quantitative estimate of drug-likeness (QED) is 0.324. The topological polar surface area (TPSA) is 37.2 Å². The summed E-state index contributed by atoms with van der Waals surface area (Å²) >= 11 is 0. The van der Waals surface area contributed by atoms with Crippen LogP contribution in [0.3, 0.4) is 0 Å². The Bertz CT molecular complexity index is 1410. The summed E-state index contributed by atoms with van der Waals surface area (Å²) in [6, 6.07) is 28.6. The molecule has 4 aromatic rings. The lowest BCUT2D eigenvalue weighted by molar-refractivity contribution is 0.254. The van der Waals surface area contributed by atoms with E-state index in [9.17, 15) is 0 Å². The summed E-state index contributed by atoms with van der Waals surface area (Å²) in [6.07, 6.45) is 3.41. The van der Waals surface area contributed by atoms with Crippen molar-refractivity contribution in [3.8, 4) is 5.69 Å². The molecule has 1 aromatic heterocycles. The lowest BCUT2D eigenvalue weighted by Crippen LogP contribution is -2.35. The monoisotopic (exact) mass is 489 g/mol. The van der Waals surface area contributed by atoms with Crippen LogP contribution in [0.2, 0.25) is 0 Å². The van der Waals surface area contributed by atoms with Gasteiger partial charge in [0.05, 0.1) is 17.9 Å². The predicted molar refractivity (Wildman–Crippen MR) is 151 cm³/mol. The number of fused-ring (bicyclic) bond motifs is 3. The Morgan fingerprint density at radius 3 is 2.27 bits per heavy atom. The van der Waals surface area contributed by atoms with E-state index in [1.807, 2.05) is 6.92 Å². The first-order valence-corrected chi connectivity index (χ1v) is 13.5. The smallest absolute Gasteiger partial charge is 0.157 e. The van der Waals surface area contributed by atoms with Crippen molar-refractivity contribution in [2.45, 2.75) is 39.7 Å². The van der Waals surface area contributed by atoms with Crippen LogP contribution >= 0.6 is 0 Å². The molecule has 0 bridgehead atoms. The van der Waals surface area contributed by atoms with Gasteiger partial charge in [-0.05, 0) is 68.5 Å². The van der Waals surface area contributed by atoms with Crippen molar-refractivity contribution in [3.05, 3.63) is 113 Å². The second-order valence-corrected chi connectivity index (χ2v) is 10.3. The van der Waals surface area contributed by atoms with Crippen LogP contribution in [0.1, 0.15) is 47.6 Å². The second-order valence-electron chi connectivity index (χ2n) is 10.3. The van der Waals surface area contributed by atoms with Gasteiger partial charge in [-0.3, -0.25) is 4.57 Å². The lowest BCUT2D eigenvalue weighted by Gasteiger charge is -2.33. The predicted octanol–water partition coefficient (Wildman–Crippen LogP) is 6.19. The van der Waals surface area contributed by atoms with Gasteiger partial charge < -0.3 is 9.80 Å². The number of benzene rings is 3. The Morgan fingerprint density at radius 2 is 1.49 bits per heavy atom. The van der Waals surface area contributed by atoms with Crippen molar-refractivity contribution < 1.29 is 0 Å². The van der Waals surface area contributed by atoms with E-state index in [4.69, 9.17) is 0 Å². The van der Waals surface area contributed by atoms with E-state index in [1.165, 1.54) is 33.6 Å². The maximum absolute atomic E-state index is 4.44. The molecule has 188 valence electrons. The average molecular weight is 490 g/mol. The van der Waals surface area contributed by atoms with Crippen molar-refractivity contribution in [2.24, 2.45) is 0 Å². The van der Waals surface area contributed by atoms with Crippen molar-refractivity contribution in [3.63, 3.8) is 0 Å². The third-order valence-corrected chi connectivity index (χ3v) is 7.77. The number of hydrogen-bond donors (Lipinski definition) is 0. The molecule has 0 saturated carbocycles. The van der Waals surface area contributed by atoms with Crippen LogP contribution in [0.5, 0.6) is 0 Å². The number of anilines is 1. The number of rotatable bonds is 6. The Hall–Kier alpha value is -3.70. The molecule has 0 unspecified atom stereocenters. The molecule has 3 aromatic carbocycles. The zero-order chi connectivity index (χ0) is 25.2. The van der Waals surface area contributed by atoms with Gasteiger partial charge >= 0.3 is 0 Å². The molecule has 5 nitrogen and oxygen atoms in total. The minimum Gasteiger partial charge on any atom is -0.362 e. The number of likely N-dealkylation sites (tertiary alicyclic amines) is 1. The van der Waals surface area contributed by atoms with E-state index in [0.29, 0.717) is 0 Å². The Balaban J connectivity index is 1.12. The van der Waals surface area contributed by atoms with Gasteiger partial charge in [0.2, 0.25) is 0 Å². The fraction of sp³-hybridized carbons (Fsp3) is 0.312. The Labute approximate surface area is 220 Å². The van der Waals surface area contributed by atoms with E-state index >= 15 is 0 Å². The fourth-order valence-electron chi connectivity index (χ4n) is 5.96. The largest absolute Gasteiger partial charge is 0.362 e. The lowest BCUT2D eigenvalue weighted by atomic mass is 9.88. The van der Waals surface area contributed by atoms with E-state index in [1.54, 1.807) is 5.57 Å². The SMILES string of the molecule is Cc1cccc(C(=C2CCN(CCCN3Cc4nnc(C)n4-c4ccccc43)CC2)c2ccccc2)c1. The van der Waals surface area contributed by atoms with Crippen LogP contribution in [0.25, 0.3) is 11.3 Å². The molecule has 0 amide bonds. The molecule has 37 heavy (non-hydrogen) atoms. The third-order valence-electron chi connectivity index (χ3n) is 7.77. The standard InChI is InChI=1S/C32H35N5/c1-24-10-8-13-28(22-24)32(26-11-4-3-5-12-26)27-16-20-35(21-17-27)18-9-19-36-23-31-34-33-25(2)37(31)30-15-7-6-14-29(30)36/h3-8,10-15,22H,9,16-21,23H2,1-2H3. The summed E-state index contributed by atoms with van der Waals surface area (Å²) < 4.78 is 2.20. The second kappa shape index (κ2) is 10.3. The maximum Gasteiger partial charge on any atom is 0.157 e. The van der Waals surface area contributed by atoms with Crippen LogP contribution in [0.4, 0.5) is 5.69 Å². The van der Waals surface area contributed by atoms with E-state index in [2.05, 4.69) is 110 Å². The summed E-state index contributed by atoms with van der Waals surface area (Å²) in [5, 5.41) is 8.77. The molecule has 1 fully saturated rings. The number of hydrogen-bond acceptors (Lipinski definition) is 4. The van der Waals surface area contributed by atoms with Gasteiger partial charge in [0, 0.05) is 19.6 Å². The van der Waals surface area contributed by atoms with Gasteiger partial charge in [-0.2, -0.15) is 0 Å². The summed E-state index contributed by atoms with van der Waals surface area (Å²) in [5.74, 6) is 1.99. The molecule has 2 aliphatic rings. The summed E-state index contributed by atoms with van der Waals surface area (Å²) in [5.41, 5.74) is 9.51. The van der Waals surface area contributed by atoms with Crippen molar-refractivity contribution >= 4 is 11.3 Å². The summed E-state index contributed by atoms with van der Waals surface area (Å²) in [7, 11) is 0. The summed E-state index contributed by atoms with van der Waals surface area (Å²) in [6.45, 7) is 9.45. The van der Waals surface area contributed by atoms with Crippen molar-refractivity contribution in [2.75, 3.05) is 31.1 Å². The number of nitrogens with zero attached hydrogens (tertiary/aromatic N) is 5. The van der Waals surface area contributed by atoms with E-state index in [-0.39, 0.29) is 0 Å². The molecule has 0 N–H and O–H groups in total. The molecular weight excluding hydrogens is 454 g/mol. The zero-order valence-electron chi connectivity index (χ0n) is 21.9. The number of aryl methyl sites for hydroxylation is 2. The van der Waals surface area contributed by atoms with Crippen LogP contribution in [-0.2, 0) is 6.54 Å². The first-order chi connectivity index (χ1) is 18.2. The first kappa shape index (κ1) is 23.7. The van der Waals surface area contributed by atoms with Gasteiger partial charge in [-0.15, -0.1) is 10.2 Å². The molecule has 5 heteroatoms. The molecule has 0 radical (unpaired) electrons. The van der Waals surface area contributed by atoms with Gasteiger partial charge in [-0.25, -0.2) is 0 Å². The van der Waals surface area contributed by atoms with Gasteiger partial charge in [0.15, 0.2) is 5.82 Å². The number of aromatic nitrogens is 3. The minimum atomic E-state index is 0.821. The zero-order valence-corrected chi connectivity index (χ0v) is 21.9. The maximum atomic E-state index is 4.44. The highest BCUT2D eigenvalue weighted by molar-refractivity contribution is 5.82. The molecule has 0 spiro atoms. The number of piperidine rings is 1. The molecular formula is C32H35N5. The molecule has 0 atom stereocenters. The van der Waals surface area contributed by atoms with Crippen LogP contribution in [0.15, 0.2) is 84.4 Å². The normalized spacial score (nSPS) is 15.4. The number of para-hydroxylation sites is 2. The van der Waals surface area contributed by atoms with Crippen molar-refractivity contribution in [1.82, 2.24) is 19.7 Å². The Morgan fingerprint density at radius 1 is 0.757 bits per heavy atom. The molecule has 1 saturated heterocycles.